The SMILES string of the molecule is CCCN(CCC)C(=O)C1=Cc2ccc(C(=O)Nc3cncc(CCC(=O)[C@H](Cc4ccccc4)NC(=O)OCc4ccccc4)c3)cc2N=C(N)C1. The summed E-state index contributed by atoms with van der Waals surface area (Å²) < 4.78 is 5.40. The summed E-state index contributed by atoms with van der Waals surface area (Å²) in [6, 6.07) is 24.9. The molecule has 1 atom stereocenters. The van der Waals surface area contributed by atoms with Crippen molar-refractivity contribution < 1.29 is 23.9 Å². The molecule has 1 aliphatic heterocycles. The van der Waals surface area contributed by atoms with Crippen LogP contribution in [0, 0.1) is 0 Å². The van der Waals surface area contributed by atoms with E-state index in [1.807, 2.05) is 85.5 Å². The quantitative estimate of drug-likeness (QED) is 0.115. The standard InChI is InChI=1S/C42H46N6O5/c1-3-19-48(20-4-2)41(51)34-23-32-16-17-33(24-36(32)46-39(43)25-34)40(50)45-35-21-31(26-44-27-35)15-18-38(49)37(22-29-11-7-5-8-12-29)47-42(52)53-28-30-13-9-6-10-14-30/h5-14,16-17,21,23-24,26-27,37H,3-4,15,18-20,22,25,28H2,1-2H3,(H2,43,46)(H,45,50)(H,47,52)/t37-/m0/s1. The normalized spacial score (nSPS) is 12.6. The lowest BCUT2D eigenvalue weighted by Gasteiger charge is -2.22. The fourth-order valence-corrected chi connectivity index (χ4v) is 6.07. The number of aliphatic imine (C=N–C) groups is 1. The third kappa shape index (κ3) is 11.2. The predicted molar refractivity (Wildman–Crippen MR) is 207 cm³/mol. The van der Waals surface area contributed by atoms with Gasteiger partial charge in [0, 0.05) is 48.8 Å². The summed E-state index contributed by atoms with van der Waals surface area (Å²) in [5.41, 5.74) is 11.3. The third-order valence-electron chi connectivity index (χ3n) is 8.70. The molecule has 5 rings (SSSR count). The number of amides is 3. The van der Waals surface area contributed by atoms with E-state index in [4.69, 9.17) is 10.5 Å². The minimum absolute atomic E-state index is 0.0556. The Hall–Kier alpha value is -6.10. The Morgan fingerprint density at radius 3 is 2.26 bits per heavy atom. The number of Topliss-reactive ketones (excluding diaryl/α,β-unsaturated/α-hetero) is 1. The number of pyridine rings is 1. The van der Waals surface area contributed by atoms with E-state index in [0.717, 1.165) is 29.5 Å². The number of nitrogens with zero attached hydrogens (tertiary/aromatic N) is 3. The number of alkyl carbamates (subject to hydrolysis) is 1. The summed E-state index contributed by atoms with van der Waals surface area (Å²) in [4.78, 5) is 63.5. The van der Waals surface area contributed by atoms with Crippen molar-refractivity contribution in [2.75, 3.05) is 18.4 Å². The van der Waals surface area contributed by atoms with Crippen LogP contribution in [0.5, 0.6) is 0 Å². The van der Waals surface area contributed by atoms with Crippen LogP contribution in [0.25, 0.3) is 6.08 Å². The van der Waals surface area contributed by atoms with Crippen LogP contribution in [0.2, 0.25) is 0 Å². The number of aromatic nitrogens is 1. The van der Waals surface area contributed by atoms with Crippen LogP contribution in [0.1, 0.15) is 72.1 Å². The molecule has 0 saturated heterocycles. The van der Waals surface area contributed by atoms with Crippen molar-refractivity contribution >= 4 is 47.0 Å². The van der Waals surface area contributed by atoms with E-state index in [1.54, 1.807) is 30.5 Å². The second-order valence-electron chi connectivity index (χ2n) is 13.0. The topological polar surface area (TPSA) is 156 Å². The number of benzene rings is 3. The van der Waals surface area contributed by atoms with Gasteiger partial charge in [-0.1, -0.05) is 80.6 Å². The van der Waals surface area contributed by atoms with E-state index in [-0.39, 0.29) is 37.0 Å². The van der Waals surface area contributed by atoms with Crippen LogP contribution in [0.3, 0.4) is 0 Å². The van der Waals surface area contributed by atoms with Gasteiger partial charge in [-0.25, -0.2) is 9.79 Å². The highest BCUT2D eigenvalue weighted by Crippen LogP contribution is 2.29. The molecule has 11 heteroatoms. The second kappa shape index (κ2) is 18.9. The van der Waals surface area contributed by atoms with Gasteiger partial charge in [-0.2, -0.15) is 0 Å². The zero-order chi connectivity index (χ0) is 37.6. The van der Waals surface area contributed by atoms with Crippen molar-refractivity contribution in [2.45, 2.75) is 65.0 Å². The number of hydrogen-bond acceptors (Lipinski definition) is 8. The molecule has 0 radical (unpaired) electrons. The van der Waals surface area contributed by atoms with E-state index >= 15 is 0 Å². The largest absolute Gasteiger partial charge is 0.445 e. The molecule has 11 nitrogen and oxygen atoms in total. The number of carbonyl (C=O) groups excluding carboxylic acids is 4. The minimum Gasteiger partial charge on any atom is -0.445 e. The Balaban J connectivity index is 1.22. The smallest absolute Gasteiger partial charge is 0.408 e. The monoisotopic (exact) mass is 714 g/mol. The number of aryl methyl sites for hydroxylation is 1. The Morgan fingerprint density at radius 2 is 1.57 bits per heavy atom. The molecule has 1 aromatic heterocycles. The highest BCUT2D eigenvalue weighted by molar-refractivity contribution is 6.08. The van der Waals surface area contributed by atoms with Gasteiger partial charge >= 0.3 is 6.09 Å². The molecule has 0 saturated carbocycles. The van der Waals surface area contributed by atoms with Crippen LogP contribution in [0.15, 0.2) is 108 Å². The average Bonchev–Trinajstić information content (AvgIpc) is 3.34. The number of rotatable bonds is 16. The third-order valence-corrected chi connectivity index (χ3v) is 8.70. The highest BCUT2D eigenvalue weighted by atomic mass is 16.5. The second-order valence-corrected chi connectivity index (χ2v) is 13.0. The maximum Gasteiger partial charge on any atom is 0.408 e. The molecule has 3 amide bonds. The Morgan fingerprint density at radius 1 is 0.868 bits per heavy atom. The van der Waals surface area contributed by atoms with E-state index in [9.17, 15) is 19.2 Å². The molecule has 4 aromatic rings. The van der Waals surface area contributed by atoms with Crippen molar-refractivity contribution in [1.29, 1.82) is 0 Å². The zero-order valence-electron chi connectivity index (χ0n) is 30.2. The minimum atomic E-state index is -0.794. The Labute approximate surface area is 310 Å². The first kappa shape index (κ1) is 38.1. The average molecular weight is 715 g/mol. The van der Waals surface area contributed by atoms with Gasteiger partial charge < -0.3 is 26.0 Å². The Kier molecular flexibility index (Phi) is 13.6. The maximum atomic E-state index is 13.5. The molecule has 0 unspecified atom stereocenters. The fourth-order valence-electron chi connectivity index (χ4n) is 6.07. The molecular weight excluding hydrogens is 668 g/mol. The first-order chi connectivity index (χ1) is 25.7. The molecule has 4 N–H and O–H groups in total. The van der Waals surface area contributed by atoms with Gasteiger partial charge in [0.2, 0.25) is 5.91 Å². The summed E-state index contributed by atoms with van der Waals surface area (Å²) >= 11 is 0. The number of fused-ring (bicyclic) bond motifs is 1. The van der Waals surface area contributed by atoms with Crippen molar-refractivity contribution in [3.8, 4) is 0 Å². The number of anilines is 1. The van der Waals surface area contributed by atoms with Crippen molar-refractivity contribution in [2.24, 2.45) is 10.7 Å². The Bertz CT molecular complexity index is 1960. The summed E-state index contributed by atoms with van der Waals surface area (Å²) in [5, 5.41) is 5.64. The van der Waals surface area contributed by atoms with Gasteiger partial charge in [-0.05, 0) is 66.6 Å². The molecule has 274 valence electrons. The summed E-state index contributed by atoms with van der Waals surface area (Å²) in [6.45, 7) is 5.50. The summed E-state index contributed by atoms with van der Waals surface area (Å²) in [7, 11) is 0. The van der Waals surface area contributed by atoms with E-state index in [2.05, 4.69) is 20.6 Å². The van der Waals surface area contributed by atoms with Crippen molar-refractivity contribution in [3.63, 3.8) is 0 Å². The van der Waals surface area contributed by atoms with Crippen molar-refractivity contribution in [3.05, 3.63) is 131 Å². The molecular formula is C42H46N6O5. The van der Waals surface area contributed by atoms with E-state index < -0.39 is 12.1 Å². The van der Waals surface area contributed by atoms with Crippen LogP contribution in [0.4, 0.5) is 16.2 Å². The highest BCUT2D eigenvalue weighted by Gasteiger charge is 2.23. The van der Waals surface area contributed by atoms with E-state index in [0.29, 0.717) is 59.8 Å². The molecule has 0 bridgehead atoms. The number of nitrogens with one attached hydrogen (secondary N) is 2. The lowest BCUT2D eigenvalue weighted by Crippen LogP contribution is -2.42. The number of amidine groups is 1. The summed E-state index contributed by atoms with van der Waals surface area (Å²) in [5.74, 6) is -0.295. The maximum absolute atomic E-state index is 13.5. The van der Waals surface area contributed by atoms with Crippen LogP contribution < -0.4 is 16.4 Å². The van der Waals surface area contributed by atoms with Crippen molar-refractivity contribution in [1.82, 2.24) is 15.2 Å². The first-order valence-electron chi connectivity index (χ1n) is 18.0. The fraction of sp³-hybridized carbons (Fsp3) is 0.286. The number of ether oxygens (including phenoxy) is 1. The lowest BCUT2D eigenvalue weighted by molar-refractivity contribution is -0.127. The number of nitrogens with two attached hydrogens (primary N) is 1. The number of ketones is 1. The van der Waals surface area contributed by atoms with Gasteiger partial charge in [-0.15, -0.1) is 0 Å². The lowest BCUT2D eigenvalue weighted by atomic mass is 9.98. The van der Waals surface area contributed by atoms with Gasteiger partial charge in [0.25, 0.3) is 5.91 Å². The summed E-state index contributed by atoms with van der Waals surface area (Å²) in [6.07, 6.45) is 7.04. The van der Waals surface area contributed by atoms with Crippen LogP contribution >= 0.6 is 0 Å². The van der Waals surface area contributed by atoms with E-state index in [1.165, 1.54) is 6.20 Å². The number of hydrogen-bond donors (Lipinski definition) is 3. The molecule has 0 aliphatic carbocycles. The molecule has 0 spiro atoms. The van der Waals surface area contributed by atoms with Gasteiger partial charge in [-0.3, -0.25) is 19.4 Å². The number of carbonyl (C=O) groups is 4. The molecule has 1 aliphatic rings. The van der Waals surface area contributed by atoms with Gasteiger partial charge in [0.05, 0.1) is 23.6 Å². The van der Waals surface area contributed by atoms with Gasteiger partial charge in [0.1, 0.15) is 12.4 Å². The molecule has 53 heavy (non-hydrogen) atoms. The van der Waals surface area contributed by atoms with Crippen LogP contribution in [-0.2, 0) is 33.8 Å². The molecule has 2 heterocycles. The first-order valence-corrected chi connectivity index (χ1v) is 18.0. The van der Waals surface area contributed by atoms with Gasteiger partial charge in [0.15, 0.2) is 5.78 Å². The molecule has 3 aromatic carbocycles. The predicted octanol–water partition coefficient (Wildman–Crippen LogP) is 6.80. The zero-order valence-corrected chi connectivity index (χ0v) is 30.2. The molecule has 0 fully saturated rings. The van der Waals surface area contributed by atoms with Crippen LogP contribution in [-0.4, -0.2) is 58.5 Å².